The van der Waals surface area contributed by atoms with Crippen molar-refractivity contribution in [2.45, 2.75) is 44.2 Å². The van der Waals surface area contributed by atoms with Gasteiger partial charge in [-0.15, -0.1) is 6.58 Å². The molecular formula is C18H25N3O. The fourth-order valence-corrected chi connectivity index (χ4v) is 4.01. The first-order valence-electron chi connectivity index (χ1n) is 8.27. The van der Waals surface area contributed by atoms with E-state index in [2.05, 4.69) is 27.4 Å². The highest BCUT2D eigenvalue weighted by Crippen LogP contribution is 2.36. The van der Waals surface area contributed by atoms with Crippen LogP contribution in [0.3, 0.4) is 0 Å². The van der Waals surface area contributed by atoms with Gasteiger partial charge in [0.05, 0.1) is 11.2 Å². The maximum atomic E-state index is 12.4. The van der Waals surface area contributed by atoms with E-state index in [1.165, 1.54) is 0 Å². The van der Waals surface area contributed by atoms with E-state index in [0.29, 0.717) is 18.9 Å². The molecule has 3 heterocycles. The van der Waals surface area contributed by atoms with Crippen LogP contribution in [-0.4, -0.2) is 45.9 Å². The molecule has 1 aromatic heterocycles. The summed E-state index contributed by atoms with van der Waals surface area (Å²) in [5.41, 5.74) is 1.12. The summed E-state index contributed by atoms with van der Waals surface area (Å²) in [7, 11) is 0. The number of rotatable bonds is 4. The second-order valence-electron chi connectivity index (χ2n) is 6.51. The number of carbonyl (C=O) groups is 1. The lowest BCUT2D eigenvalue weighted by atomic mass is 9.79. The van der Waals surface area contributed by atoms with Crippen molar-refractivity contribution in [1.82, 2.24) is 14.8 Å². The Bertz CT molecular complexity index is 526. The molecule has 2 aliphatic rings. The maximum absolute atomic E-state index is 12.4. The molecule has 3 rings (SSSR count). The number of piperidine rings is 2. The van der Waals surface area contributed by atoms with Crippen LogP contribution < -0.4 is 0 Å². The molecule has 2 fully saturated rings. The zero-order valence-electron chi connectivity index (χ0n) is 13.2. The van der Waals surface area contributed by atoms with Crippen molar-refractivity contribution < 1.29 is 4.79 Å². The van der Waals surface area contributed by atoms with Crippen LogP contribution in [-0.2, 0) is 11.3 Å². The van der Waals surface area contributed by atoms with Gasteiger partial charge in [0.15, 0.2) is 0 Å². The minimum Gasteiger partial charge on any atom is -0.332 e. The molecule has 0 radical (unpaired) electrons. The number of carbonyl (C=O) groups excluding carboxylic acids is 1. The van der Waals surface area contributed by atoms with Crippen LogP contribution in [0, 0.1) is 0 Å². The lowest BCUT2D eigenvalue weighted by molar-refractivity contribution is -0.144. The molecule has 4 nitrogen and oxygen atoms in total. The third kappa shape index (κ3) is 3.07. The van der Waals surface area contributed by atoms with Gasteiger partial charge in [-0.2, -0.15) is 0 Å². The van der Waals surface area contributed by atoms with Crippen molar-refractivity contribution >= 4 is 5.91 Å². The third-order valence-corrected chi connectivity index (χ3v) is 4.96. The van der Waals surface area contributed by atoms with E-state index in [9.17, 15) is 4.79 Å². The fourth-order valence-electron chi connectivity index (χ4n) is 4.01. The highest BCUT2D eigenvalue weighted by Gasteiger charge is 2.44. The predicted octanol–water partition coefficient (Wildman–Crippen LogP) is 2.61. The monoisotopic (exact) mass is 299 g/mol. The molecule has 1 atom stereocenters. The number of hydrogen-bond donors (Lipinski definition) is 0. The average Bonchev–Trinajstić information content (AvgIpc) is 2.53. The van der Waals surface area contributed by atoms with Crippen LogP contribution in [0.1, 0.15) is 37.8 Å². The van der Waals surface area contributed by atoms with Gasteiger partial charge < -0.3 is 4.90 Å². The molecule has 0 saturated carbocycles. The Labute approximate surface area is 132 Å². The predicted molar refractivity (Wildman–Crippen MR) is 87.2 cm³/mol. The molecule has 118 valence electrons. The number of likely N-dealkylation sites (tertiary alicyclic amines) is 2. The maximum Gasteiger partial charge on any atom is 0.223 e. The summed E-state index contributed by atoms with van der Waals surface area (Å²) in [5, 5.41) is 0. The second-order valence-corrected chi connectivity index (χ2v) is 6.51. The number of nitrogens with zero attached hydrogens (tertiary/aromatic N) is 3. The van der Waals surface area contributed by atoms with Crippen LogP contribution >= 0.6 is 0 Å². The fraction of sp³-hybridized carbons (Fsp3) is 0.556. The average molecular weight is 299 g/mol. The minimum atomic E-state index is 0.0105. The summed E-state index contributed by atoms with van der Waals surface area (Å²) in [5.74, 6) is 0.297. The lowest BCUT2D eigenvalue weighted by Gasteiger charge is -2.52. The summed E-state index contributed by atoms with van der Waals surface area (Å²) in [6.07, 6.45) is 8.80. The Kier molecular flexibility index (Phi) is 4.57. The molecule has 0 aromatic carbocycles. The Balaban J connectivity index is 1.75. The van der Waals surface area contributed by atoms with Crippen LogP contribution in [0.4, 0.5) is 0 Å². The highest BCUT2D eigenvalue weighted by atomic mass is 16.2. The van der Waals surface area contributed by atoms with Gasteiger partial charge in [0.1, 0.15) is 0 Å². The molecule has 0 bridgehead atoms. The van der Waals surface area contributed by atoms with Gasteiger partial charge in [0.2, 0.25) is 5.91 Å². The first kappa shape index (κ1) is 15.2. The quantitative estimate of drug-likeness (QED) is 0.802. The zero-order valence-corrected chi connectivity index (χ0v) is 13.2. The van der Waals surface area contributed by atoms with Gasteiger partial charge in [0, 0.05) is 32.3 Å². The van der Waals surface area contributed by atoms with Gasteiger partial charge in [-0.05, 0) is 44.4 Å². The van der Waals surface area contributed by atoms with E-state index in [-0.39, 0.29) is 5.54 Å². The van der Waals surface area contributed by atoms with E-state index >= 15 is 0 Å². The first-order valence-corrected chi connectivity index (χ1v) is 8.27. The SMILES string of the molecule is C=CCN1C(=O)CCC[C@@]12CCCN(Cc1ccccn1)C2. The molecule has 0 aliphatic carbocycles. The van der Waals surface area contributed by atoms with Crippen LogP contribution in [0.5, 0.6) is 0 Å². The summed E-state index contributed by atoms with van der Waals surface area (Å²) in [4.78, 5) is 21.4. The van der Waals surface area contributed by atoms with E-state index in [1.54, 1.807) is 0 Å². The van der Waals surface area contributed by atoms with Crippen molar-refractivity contribution in [1.29, 1.82) is 0 Å². The van der Waals surface area contributed by atoms with Crippen molar-refractivity contribution in [3.63, 3.8) is 0 Å². The van der Waals surface area contributed by atoms with Crippen molar-refractivity contribution in [2.24, 2.45) is 0 Å². The van der Waals surface area contributed by atoms with Crippen LogP contribution in [0.15, 0.2) is 37.1 Å². The zero-order chi connectivity index (χ0) is 15.4. The normalized spacial score (nSPS) is 26.4. The van der Waals surface area contributed by atoms with Crippen LogP contribution in [0.2, 0.25) is 0 Å². The number of aromatic nitrogens is 1. The molecule has 2 saturated heterocycles. The molecule has 0 unspecified atom stereocenters. The van der Waals surface area contributed by atoms with Gasteiger partial charge in [-0.3, -0.25) is 14.7 Å². The van der Waals surface area contributed by atoms with Crippen molar-refractivity contribution in [3.8, 4) is 0 Å². The topological polar surface area (TPSA) is 36.4 Å². The van der Waals surface area contributed by atoms with Gasteiger partial charge in [0.25, 0.3) is 0 Å². The summed E-state index contributed by atoms with van der Waals surface area (Å²) >= 11 is 0. The van der Waals surface area contributed by atoms with Gasteiger partial charge in [-0.25, -0.2) is 0 Å². The first-order chi connectivity index (χ1) is 10.7. The van der Waals surface area contributed by atoms with E-state index in [0.717, 1.165) is 51.0 Å². The Morgan fingerprint density at radius 3 is 2.95 bits per heavy atom. The Morgan fingerprint density at radius 1 is 1.32 bits per heavy atom. The number of amides is 1. The molecule has 0 N–H and O–H groups in total. The highest BCUT2D eigenvalue weighted by molar-refractivity contribution is 5.78. The van der Waals surface area contributed by atoms with Gasteiger partial charge >= 0.3 is 0 Å². The summed E-state index contributed by atoms with van der Waals surface area (Å²) in [6.45, 7) is 7.44. The molecular weight excluding hydrogens is 274 g/mol. The van der Waals surface area contributed by atoms with E-state index in [4.69, 9.17) is 0 Å². The summed E-state index contributed by atoms with van der Waals surface area (Å²) < 4.78 is 0. The van der Waals surface area contributed by atoms with Gasteiger partial charge in [-0.1, -0.05) is 12.1 Å². The molecule has 22 heavy (non-hydrogen) atoms. The van der Waals surface area contributed by atoms with Crippen molar-refractivity contribution in [3.05, 3.63) is 42.7 Å². The molecule has 1 aromatic rings. The number of hydrogen-bond acceptors (Lipinski definition) is 3. The van der Waals surface area contributed by atoms with E-state index < -0.39 is 0 Å². The third-order valence-electron chi connectivity index (χ3n) is 4.96. The number of pyridine rings is 1. The van der Waals surface area contributed by atoms with Crippen molar-refractivity contribution in [2.75, 3.05) is 19.6 Å². The smallest absolute Gasteiger partial charge is 0.223 e. The Hall–Kier alpha value is -1.68. The lowest BCUT2D eigenvalue weighted by Crippen LogP contribution is -2.62. The molecule has 4 heteroatoms. The molecule has 1 spiro atoms. The van der Waals surface area contributed by atoms with E-state index in [1.807, 2.05) is 24.4 Å². The molecule has 2 aliphatic heterocycles. The summed E-state index contributed by atoms with van der Waals surface area (Å²) in [6, 6.07) is 6.07. The Morgan fingerprint density at radius 2 is 2.18 bits per heavy atom. The standard InChI is InChI=1S/C18H25N3O/c1-2-12-21-17(22)8-5-9-18(21)10-6-13-20(15-18)14-16-7-3-4-11-19-16/h2-4,7,11H,1,5-6,8-10,12-15H2/t18-/m0/s1. The minimum absolute atomic E-state index is 0.0105. The van der Waals surface area contributed by atoms with Crippen LogP contribution in [0.25, 0.3) is 0 Å². The largest absolute Gasteiger partial charge is 0.332 e. The second kappa shape index (κ2) is 6.61. The molecule has 1 amide bonds.